The lowest BCUT2D eigenvalue weighted by atomic mass is 10.1. The highest BCUT2D eigenvalue weighted by Gasteiger charge is 2.06. The van der Waals surface area contributed by atoms with Crippen molar-refractivity contribution in [1.29, 1.82) is 0 Å². The average Bonchev–Trinajstić information content (AvgIpc) is 2.62. The van der Waals surface area contributed by atoms with Crippen LogP contribution in [0.3, 0.4) is 0 Å². The van der Waals surface area contributed by atoms with Crippen molar-refractivity contribution in [3.8, 4) is 11.1 Å². The van der Waals surface area contributed by atoms with E-state index in [2.05, 4.69) is 17.4 Å². The number of nitrogen functional groups attached to an aromatic ring is 2. The van der Waals surface area contributed by atoms with Crippen molar-refractivity contribution >= 4 is 29.0 Å². The van der Waals surface area contributed by atoms with Crippen molar-refractivity contribution in [2.24, 2.45) is 0 Å². The Kier molecular flexibility index (Phi) is 5.04. The molecule has 0 aromatic heterocycles. The van der Waals surface area contributed by atoms with Crippen LogP contribution in [0.15, 0.2) is 78.4 Å². The SMILES string of the molecule is C/C(=C\c1cc(N)cc(N)c1)C(=O)Nc1ccc(-c2ccccc2)cc1. The van der Waals surface area contributed by atoms with E-state index >= 15 is 0 Å². The molecule has 4 nitrogen and oxygen atoms in total. The first-order chi connectivity index (χ1) is 12.5. The van der Waals surface area contributed by atoms with Crippen molar-refractivity contribution in [1.82, 2.24) is 0 Å². The van der Waals surface area contributed by atoms with Crippen LogP contribution in [-0.2, 0) is 4.79 Å². The fourth-order valence-corrected chi connectivity index (χ4v) is 2.71. The van der Waals surface area contributed by atoms with Gasteiger partial charge in [0.15, 0.2) is 0 Å². The highest BCUT2D eigenvalue weighted by molar-refractivity contribution is 6.06. The van der Waals surface area contributed by atoms with Gasteiger partial charge in [-0.1, -0.05) is 42.5 Å². The summed E-state index contributed by atoms with van der Waals surface area (Å²) in [6, 6.07) is 23.1. The van der Waals surface area contributed by atoms with Crippen LogP contribution in [0, 0.1) is 0 Å². The van der Waals surface area contributed by atoms with Crippen LogP contribution >= 0.6 is 0 Å². The van der Waals surface area contributed by atoms with E-state index in [-0.39, 0.29) is 5.91 Å². The van der Waals surface area contributed by atoms with Gasteiger partial charge in [-0.2, -0.15) is 0 Å². The first-order valence-corrected chi connectivity index (χ1v) is 8.32. The number of nitrogens with one attached hydrogen (secondary N) is 1. The maximum Gasteiger partial charge on any atom is 0.251 e. The third kappa shape index (κ3) is 4.30. The van der Waals surface area contributed by atoms with Gasteiger partial charge in [-0.25, -0.2) is 0 Å². The van der Waals surface area contributed by atoms with Gasteiger partial charge in [0, 0.05) is 22.6 Å². The first-order valence-electron chi connectivity index (χ1n) is 8.32. The van der Waals surface area contributed by atoms with Crippen LogP contribution in [-0.4, -0.2) is 5.91 Å². The van der Waals surface area contributed by atoms with Gasteiger partial charge in [-0.05, 0) is 60.0 Å². The quantitative estimate of drug-likeness (QED) is 0.480. The van der Waals surface area contributed by atoms with E-state index < -0.39 is 0 Å². The second-order valence-corrected chi connectivity index (χ2v) is 6.16. The molecule has 0 saturated carbocycles. The van der Waals surface area contributed by atoms with Crippen LogP contribution in [0.4, 0.5) is 17.1 Å². The molecular weight excluding hydrogens is 322 g/mol. The second-order valence-electron chi connectivity index (χ2n) is 6.16. The number of rotatable bonds is 4. The summed E-state index contributed by atoms with van der Waals surface area (Å²) in [6.07, 6.45) is 1.76. The van der Waals surface area contributed by atoms with Crippen LogP contribution in [0.1, 0.15) is 12.5 Å². The summed E-state index contributed by atoms with van der Waals surface area (Å²) in [7, 11) is 0. The Labute approximate surface area is 153 Å². The molecule has 0 unspecified atom stereocenters. The molecule has 0 atom stereocenters. The van der Waals surface area contributed by atoms with Gasteiger partial charge in [-0.15, -0.1) is 0 Å². The lowest BCUT2D eigenvalue weighted by Crippen LogP contribution is -2.12. The molecule has 3 aromatic carbocycles. The zero-order valence-electron chi connectivity index (χ0n) is 14.6. The van der Waals surface area contributed by atoms with E-state index in [1.54, 1.807) is 31.2 Å². The van der Waals surface area contributed by atoms with Gasteiger partial charge >= 0.3 is 0 Å². The van der Waals surface area contributed by atoms with Crippen LogP contribution in [0.2, 0.25) is 0 Å². The predicted octanol–water partition coefficient (Wildman–Crippen LogP) is 4.56. The Hall–Kier alpha value is -3.53. The summed E-state index contributed by atoms with van der Waals surface area (Å²) in [6.45, 7) is 1.76. The normalized spacial score (nSPS) is 11.2. The number of amides is 1. The average molecular weight is 343 g/mol. The minimum atomic E-state index is -0.168. The Balaban J connectivity index is 1.72. The van der Waals surface area contributed by atoms with Crippen molar-refractivity contribution in [3.63, 3.8) is 0 Å². The van der Waals surface area contributed by atoms with Crippen molar-refractivity contribution in [2.45, 2.75) is 6.92 Å². The molecule has 0 aliphatic rings. The van der Waals surface area contributed by atoms with E-state index in [4.69, 9.17) is 11.5 Å². The summed E-state index contributed by atoms with van der Waals surface area (Å²) < 4.78 is 0. The van der Waals surface area contributed by atoms with E-state index in [1.165, 1.54) is 0 Å². The molecule has 0 aliphatic carbocycles. The third-order valence-corrected chi connectivity index (χ3v) is 3.99. The molecule has 5 N–H and O–H groups in total. The number of anilines is 3. The molecule has 4 heteroatoms. The van der Waals surface area contributed by atoms with Crippen LogP contribution < -0.4 is 16.8 Å². The van der Waals surface area contributed by atoms with Crippen molar-refractivity contribution < 1.29 is 4.79 Å². The Morgan fingerprint density at radius 2 is 1.42 bits per heavy atom. The van der Waals surface area contributed by atoms with Gasteiger partial charge < -0.3 is 16.8 Å². The smallest absolute Gasteiger partial charge is 0.251 e. The minimum absolute atomic E-state index is 0.168. The van der Waals surface area contributed by atoms with Crippen LogP contribution in [0.25, 0.3) is 17.2 Å². The van der Waals surface area contributed by atoms with E-state index in [1.807, 2.05) is 42.5 Å². The minimum Gasteiger partial charge on any atom is -0.399 e. The molecule has 0 saturated heterocycles. The van der Waals surface area contributed by atoms with Gasteiger partial charge in [0.1, 0.15) is 0 Å². The number of carbonyl (C=O) groups excluding carboxylic acids is 1. The number of carbonyl (C=O) groups is 1. The largest absolute Gasteiger partial charge is 0.399 e. The molecule has 0 aliphatic heterocycles. The summed E-state index contributed by atoms with van der Waals surface area (Å²) in [5.41, 5.74) is 17.1. The summed E-state index contributed by atoms with van der Waals surface area (Å²) in [4.78, 5) is 12.4. The molecule has 0 spiro atoms. The number of nitrogens with two attached hydrogens (primary N) is 2. The lowest BCUT2D eigenvalue weighted by Gasteiger charge is -2.08. The molecule has 26 heavy (non-hydrogen) atoms. The number of hydrogen-bond acceptors (Lipinski definition) is 3. The number of hydrogen-bond donors (Lipinski definition) is 3. The van der Waals surface area contributed by atoms with Gasteiger partial charge in [0.2, 0.25) is 0 Å². The molecule has 0 radical (unpaired) electrons. The molecule has 3 aromatic rings. The maximum absolute atomic E-state index is 12.4. The predicted molar refractivity (Wildman–Crippen MR) is 109 cm³/mol. The lowest BCUT2D eigenvalue weighted by molar-refractivity contribution is -0.112. The first kappa shape index (κ1) is 17.3. The summed E-state index contributed by atoms with van der Waals surface area (Å²) in [5.74, 6) is -0.168. The topological polar surface area (TPSA) is 81.1 Å². The Bertz CT molecular complexity index is 925. The monoisotopic (exact) mass is 343 g/mol. The highest BCUT2D eigenvalue weighted by Crippen LogP contribution is 2.22. The van der Waals surface area contributed by atoms with Gasteiger partial charge in [0.05, 0.1) is 0 Å². The zero-order valence-corrected chi connectivity index (χ0v) is 14.6. The standard InChI is InChI=1S/C22H21N3O/c1-15(11-16-12-19(23)14-20(24)13-16)22(26)25-21-9-7-18(8-10-21)17-5-3-2-4-6-17/h2-14H,23-24H2,1H3,(H,25,26)/b15-11+. The fraction of sp³-hybridized carbons (Fsp3) is 0.0455. The maximum atomic E-state index is 12.4. The third-order valence-electron chi connectivity index (χ3n) is 3.99. The van der Waals surface area contributed by atoms with Crippen molar-refractivity contribution in [3.05, 3.63) is 83.9 Å². The molecular formula is C22H21N3O. The summed E-state index contributed by atoms with van der Waals surface area (Å²) in [5, 5.41) is 2.90. The van der Waals surface area contributed by atoms with Gasteiger partial charge in [0.25, 0.3) is 5.91 Å². The molecule has 1 amide bonds. The molecule has 0 heterocycles. The molecule has 0 fully saturated rings. The zero-order chi connectivity index (χ0) is 18.5. The van der Waals surface area contributed by atoms with Crippen molar-refractivity contribution in [2.75, 3.05) is 16.8 Å². The van der Waals surface area contributed by atoms with E-state index in [0.717, 1.165) is 22.4 Å². The number of benzene rings is 3. The van der Waals surface area contributed by atoms with E-state index in [9.17, 15) is 4.79 Å². The second kappa shape index (κ2) is 7.57. The Morgan fingerprint density at radius 1 is 0.846 bits per heavy atom. The fourth-order valence-electron chi connectivity index (χ4n) is 2.71. The molecule has 3 rings (SSSR count). The Morgan fingerprint density at radius 3 is 2.04 bits per heavy atom. The van der Waals surface area contributed by atoms with Gasteiger partial charge in [-0.3, -0.25) is 4.79 Å². The molecule has 0 bridgehead atoms. The van der Waals surface area contributed by atoms with Crippen LogP contribution in [0.5, 0.6) is 0 Å². The van der Waals surface area contributed by atoms with E-state index in [0.29, 0.717) is 16.9 Å². The highest BCUT2D eigenvalue weighted by atomic mass is 16.1. The molecule has 130 valence electrons. The summed E-state index contributed by atoms with van der Waals surface area (Å²) >= 11 is 0.